The minimum Gasteiger partial charge on any atom is -0.201 e. The molecule has 3 heterocycles. The number of rotatable bonds is 13. The second-order valence-corrected chi connectivity index (χ2v) is 18.2. The molecule has 0 bridgehead atoms. The maximum absolute atomic E-state index is 9.91. The van der Waals surface area contributed by atoms with E-state index in [1.165, 1.54) is 6.07 Å². The summed E-state index contributed by atoms with van der Waals surface area (Å²) in [5.41, 5.74) is 15.4. The molecule has 0 fully saturated rings. The van der Waals surface area contributed by atoms with Gasteiger partial charge < -0.3 is 0 Å². The molecule has 0 saturated heterocycles. The quantitative estimate of drug-likeness (QED) is 0.102. The van der Waals surface area contributed by atoms with E-state index in [4.69, 9.17) is 0 Å². The predicted molar refractivity (Wildman–Crippen MR) is 290 cm³/mol. The van der Waals surface area contributed by atoms with Crippen molar-refractivity contribution in [1.82, 2.24) is 0 Å². The highest BCUT2D eigenvalue weighted by molar-refractivity contribution is 5.92. The molecule has 10 aromatic rings. The van der Waals surface area contributed by atoms with Gasteiger partial charge in [0.1, 0.15) is 21.1 Å². The lowest BCUT2D eigenvalue weighted by Crippen LogP contribution is -2.31. The molecule has 0 spiro atoms. The van der Waals surface area contributed by atoms with Gasteiger partial charge in [-0.3, -0.25) is 0 Å². The molecule has 10 rings (SSSR count). The fraction of sp³-hybridized carbons (Fsp3) is 0.149. The molecule has 3 heteroatoms. The summed E-state index contributed by atoms with van der Waals surface area (Å²) in [4.78, 5) is 0. The maximum atomic E-state index is 9.91. The predicted octanol–water partition coefficient (Wildman–Crippen LogP) is 14.3. The molecule has 0 aliphatic carbocycles. The monoisotopic (exact) mass is 917 g/mol. The molecule has 3 nitrogen and oxygen atoms in total. The Morgan fingerprint density at radius 1 is 0.286 bits per heavy atom. The average molecular weight is 917 g/mol. The summed E-state index contributed by atoms with van der Waals surface area (Å²) in [7, 11) is 5.65. The molecule has 342 valence electrons. The van der Waals surface area contributed by atoms with Crippen LogP contribution in [0.25, 0.3) is 78.3 Å². The van der Waals surface area contributed by atoms with Crippen molar-refractivity contribution in [2.75, 3.05) is 0 Å². The molecular formula is C67H62N3+3. The van der Waals surface area contributed by atoms with Gasteiger partial charge in [0.25, 0.3) is 0 Å². The van der Waals surface area contributed by atoms with Crippen LogP contribution in [0, 0.1) is 20.8 Å². The van der Waals surface area contributed by atoms with E-state index in [0.717, 1.165) is 83.8 Å². The van der Waals surface area contributed by atoms with Gasteiger partial charge in [0.2, 0.25) is 17.1 Å². The zero-order valence-electron chi connectivity index (χ0n) is 48.6. The number of pyridine rings is 3. The molecule has 7 aromatic carbocycles. The molecule has 0 aliphatic rings. The number of benzene rings is 7. The van der Waals surface area contributed by atoms with Gasteiger partial charge in [-0.15, -0.1) is 0 Å². The highest BCUT2D eigenvalue weighted by Crippen LogP contribution is 2.40. The number of nitrogens with zero attached hydrogens (tertiary/aromatic N) is 3. The summed E-state index contributed by atoms with van der Waals surface area (Å²) < 4.78 is 84.2. The van der Waals surface area contributed by atoms with E-state index in [1.54, 1.807) is 57.9 Å². The molecule has 0 N–H and O–H groups in total. The van der Waals surface area contributed by atoms with Crippen LogP contribution in [0.4, 0.5) is 0 Å². The zero-order valence-corrected chi connectivity index (χ0v) is 40.6. The number of hydrogen-bond acceptors (Lipinski definition) is 0. The Kier molecular flexibility index (Phi) is 10.7. The first kappa shape index (κ1) is 37.0. The van der Waals surface area contributed by atoms with Gasteiger partial charge in [0.05, 0.1) is 5.56 Å². The first-order valence-corrected chi connectivity index (χ1v) is 23.8. The smallest absolute Gasteiger partial charge is 0.201 e. The second-order valence-electron chi connectivity index (χ2n) is 18.2. The standard InChI is InChI=1S/C67H62N3/c1-47-18-10-13-23-58(47)65-38-32-50(44-68(65)4)28-30-52-40-53(31-29-51-33-39-66(69(5)45-51)59-24-14-11-19-48(59)2)42-57(41-52)61-26-16-17-27-62(61)64-46-70(6)67(60-25-15-12-20-49(60)3)43-63(64)56-36-34-55(35-37-56)54-21-8-7-9-22-54/h7-27,32-46H,28-31H2,1-6H3/q+3/i28D2,29D2,30D2,31D2. The van der Waals surface area contributed by atoms with Crippen molar-refractivity contribution in [3.63, 3.8) is 0 Å². The van der Waals surface area contributed by atoms with Crippen molar-refractivity contribution in [3.05, 3.63) is 258 Å². The molecule has 0 unspecified atom stereocenters. The lowest BCUT2D eigenvalue weighted by atomic mass is 9.87. The highest BCUT2D eigenvalue weighted by atomic mass is 14.9. The summed E-state index contributed by atoms with van der Waals surface area (Å²) in [5.74, 6) is 0. The third kappa shape index (κ3) is 9.79. The minimum atomic E-state index is -2.79. The first-order chi connectivity index (χ1) is 37.2. The molecular weight excluding hydrogens is 847 g/mol. The van der Waals surface area contributed by atoms with Gasteiger partial charge in [-0.1, -0.05) is 152 Å². The van der Waals surface area contributed by atoms with Gasteiger partial charge in [-0.2, -0.15) is 0 Å². The number of aromatic nitrogens is 3. The topological polar surface area (TPSA) is 11.6 Å². The van der Waals surface area contributed by atoms with Gasteiger partial charge in [0, 0.05) is 62.5 Å². The van der Waals surface area contributed by atoms with Crippen LogP contribution < -0.4 is 13.7 Å². The van der Waals surface area contributed by atoms with Gasteiger partial charge in [-0.25, -0.2) is 13.7 Å². The van der Waals surface area contributed by atoms with Crippen LogP contribution in [0.5, 0.6) is 0 Å². The van der Waals surface area contributed by atoms with Crippen LogP contribution in [0.15, 0.2) is 219 Å². The van der Waals surface area contributed by atoms with Crippen molar-refractivity contribution < 1.29 is 24.7 Å². The fourth-order valence-corrected chi connectivity index (χ4v) is 9.53. The highest BCUT2D eigenvalue weighted by Gasteiger charge is 2.23. The van der Waals surface area contributed by atoms with E-state index >= 15 is 0 Å². The third-order valence-electron chi connectivity index (χ3n) is 13.3. The normalized spacial score (nSPS) is 13.7. The molecule has 3 aromatic heterocycles. The van der Waals surface area contributed by atoms with E-state index in [0.29, 0.717) is 11.1 Å². The summed E-state index contributed by atoms with van der Waals surface area (Å²) in [6.45, 7) is 6.12. The van der Waals surface area contributed by atoms with Crippen LogP contribution in [-0.2, 0) is 46.6 Å². The molecule has 0 atom stereocenters. The third-order valence-corrected chi connectivity index (χ3v) is 13.3. The Morgan fingerprint density at radius 2 is 0.686 bits per heavy atom. The van der Waals surface area contributed by atoms with Gasteiger partial charge in [-0.05, 0) is 138 Å². The minimum absolute atomic E-state index is 0.0865. The summed E-state index contributed by atoms with van der Waals surface area (Å²) >= 11 is 0. The van der Waals surface area contributed by atoms with E-state index < -0.39 is 25.5 Å². The summed E-state index contributed by atoms with van der Waals surface area (Å²) in [6.07, 6.45) is -5.59. The van der Waals surface area contributed by atoms with Crippen LogP contribution in [0.3, 0.4) is 0 Å². The molecule has 0 saturated carbocycles. The van der Waals surface area contributed by atoms with Crippen molar-refractivity contribution in [3.8, 4) is 78.3 Å². The molecule has 70 heavy (non-hydrogen) atoms. The Hall–Kier alpha value is -8.01. The van der Waals surface area contributed by atoms with E-state index in [-0.39, 0.29) is 22.3 Å². The van der Waals surface area contributed by atoms with Gasteiger partial charge >= 0.3 is 0 Å². The van der Waals surface area contributed by atoms with Crippen LogP contribution in [0.2, 0.25) is 0 Å². The molecule has 0 radical (unpaired) electrons. The number of aryl methyl sites for hydroxylation is 10. The van der Waals surface area contributed by atoms with E-state index in [1.807, 2.05) is 138 Å². The van der Waals surface area contributed by atoms with Crippen LogP contribution >= 0.6 is 0 Å². The largest absolute Gasteiger partial charge is 0.213 e. The number of hydrogen-bond donors (Lipinski definition) is 0. The molecule has 0 amide bonds. The van der Waals surface area contributed by atoms with E-state index in [2.05, 4.69) is 72.3 Å². The van der Waals surface area contributed by atoms with Crippen LogP contribution in [-0.4, -0.2) is 0 Å². The Bertz CT molecular complexity index is 3750. The van der Waals surface area contributed by atoms with Crippen molar-refractivity contribution in [2.45, 2.75) is 46.3 Å². The first-order valence-electron chi connectivity index (χ1n) is 27.8. The second kappa shape index (κ2) is 20.3. The Morgan fingerprint density at radius 3 is 1.19 bits per heavy atom. The zero-order chi connectivity index (χ0) is 55.3. The Balaban J connectivity index is 1.17. The maximum Gasteiger partial charge on any atom is 0.213 e. The average Bonchev–Trinajstić information content (AvgIpc) is 3.63. The fourth-order valence-electron chi connectivity index (χ4n) is 9.53. The van der Waals surface area contributed by atoms with Crippen molar-refractivity contribution >= 4 is 0 Å². The SMILES string of the molecule is [2H]C([2H])(c1cc(-c2ccccc2-c2c[n+](C)c(-c3ccccc3C)cc2-c2ccc(-c3ccccc3)cc2)cc(C([2H])([2H])C([2H])([2H])c2ccc(-c3ccccc3C)[n+](C)c2)c1)C([2H])([2H])c1ccc(-c2ccccc2C)[n+](C)c1. The lowest BCUT2D eigenvalue weighted by molar-refractivity contribution is -0.661. The lowest BCUT2D eigenvalue weighted by Gasteiger charge is -2.17. The van der Waals surface area contributed by atoms with Crippen LogP contribution in [0.1, 0.15) is 49.9 Å². The van der Waals surface area contributed by atoms with Crippen molar-refractivity contribution in [2.24, 2.45) is 21.1 Å². The summed E-state index contributed by atoms with van der Waals surface area (Å²) in [6, 6.07) is 64.2. The molecule has 0 aliphatic heterocycles. The summed E-state index contributed by atoms with van der Waals surface area (Å²) in [5, 5.41) is 0. The Labute approximate surface area is 426 Å². The van der Waals surface area contributed by atoms with Gasteiger partial charge in [0.15, 0.2) is 18.6 Å². The van der Waals surface area contributed by atoms with Crippen molar-refractivity contribution in [1.29, 1.82) is 0 Å². The van der Waals surface area contributed by atoms with E-state index in [9.17, 15) is 11.0 Å².